The third-order valence-electron chi connectivity index (χ3n) is 7.24. The number of carbonyl (C=O) groups excluding carboxylic acids is 1. The maximum atomic E-state index is 13.8. The number of benzene rings is 2. The van der Waals surface area contributed by atoms with Crippen LogP contribution in [0.3, 0.4) is 0 Å². The second-order valence-electron chi connectivity index (χ2n) is 10.2. The van der Waals surface area contributed by atoms with Crippen molar-refractivity contribution in [1.29, 1.82) is 0 Å². The molecule has 2 amide bonds. The Bertz CT molecular complexity index is 1230. The lowest BCUT2D eigenvalue weighted by Crippen LogP contribution is -2.49. The van der Waals surface area contributed by atoms with Crippen LogP contribution in [-0.4, -0.2) is 71.5 Å². The number of hydrogen-bond donors (Lipinski definition) is 1. The summed E-state index contributed by atoms with van der Waals surface area (Å²) in [6.07, 6.45) is 1.54. The molecule has 0 aliphatic carbocycles. The van der Waals surface area contributed by atoms with Crippen LogP contribution in [0.25, 0.3) is 5.69 Å². The zero-order valence-corrected chi connectivity index (χ0v) is 23.8. The molecule has 210 valence electrons. The fourth-order valence-corrected chi connectivity index (χ4v) is 5.09. The number of aryl methyl sites for hydroxylation is 1. The average Bonchev–Trinajstić information content (AvgIpc) is 3.31. The predicted molar refractivity (Wildman–Crippen MR) is 155 cm³/mol. The molecule has 0 bridgehead atoms. The quantitative estimate of drug-likeness (QED) is 0.368. The first kappa shape index (κ1) is 28.4. The molecule has 2 heterocycles. The number of halogens is 1. The molecule has 4 rings (SSSR count). The first-order chi connectivity index (χ1) is 18.8. The molecule has 0 spiro atoms. The molecule has 3 aromatic rings. The topological polar surface area (TPSA) is 65.9 Å². The number of nitrogens with one attached hydrogen (secondary N) is 1. The Morgan fingerprint density at radius 2 is 1.82 bits per heavy atom. The van der Waals surface area contributed by atoms with Crippen LogP contribution in [0.4, 0.5) is 20.7 Å². The zero-order chi connectivity index (χ0) is 27.9. The first-order valence-electron chi connectivity index (χ1n) is 13.9. The number of methoxy groups -OCH3 is 1. The molecule has 2 aromatic carbocycles. The van der Waals surface area contributed by atoms with Crippen molar-refractivity contribution in [2.45, 2.75) is 53.1 Å². The van der Waals surface area contributed by atoms with Gasteiger partial charge < -0.3 is 19.9 Å². The SMILES string of the molecule is CCCN(Cc1c(CC)nn(-c2ccc(F)cc2)c1N1CCN(C(C)C)CC1)C(=O)Nc1cccc(OC)c1. The molecule has 1 N–H and O–H groups in total. The number of urea groups is 1. The maximum absolute atomic E-state index is 13.8. The van der Waals surface area contributed by atoms with Crippen molar-refractivity contribution < 1.29 is 13.9 Å². The van der Waals surface area contributed by atoms with Gasteiger partial charge in [0.25, 0.3) is 0 Å². The molecule has 0 atom stereocenters. The number of rotatable bonds is 10. The number of anilines is 2. The summed E-state index contributed by atoms with van der Waals surface area (Å²) in [5, 5.41) is 8.04. The summed E-state index contributed by atoms with van der Waals surface area (Å²) in [5.74, 6) is 1.39. The van der Waals surface area contributed by atoms with Crippen LogP contribution in [0, 0.1) is 5.82 Å². The van der Waals surface area contributed by atoms with Gasteiger partial charge in [-0.2, -0.15) is 5.10 Å². The summed E-state index contributed by atoms with van der Waals surface area (Å²) in [7, 11) is 1.61. The van der Waals surface area contributed by atoms with Gasteiger partial charge in [-0.3, -0.25) is 4.90 Å². The molecule has 8 nitrogen and oxygen atoms in total. The Balaban J connectivity index is 1.70. The highest BCUT2D eigenvalue weighted by atomic mass is 19.1. The van der Waals surface area contributed by atoms with Gasteiger partial charge in [0, 0.05) is 56.1 Å². The highest BCUT2D eigenvalue weighted by molar-refractivity contribution is 5.89. The highest BCUT2D eigenvalue weighted by Crippen LogP contribution is 2.31. The van der Waals surface area contributed by atoms with Crippen molar-refractivity contribution >= 4 is 17.5 Å². The Hall–Kier alpha value is -3.59. The predicted octanol–water partition coefficient (Wildman–Crippen LogP) is 5.56. The van der Waals surface area contributed by atoms with Gasteiger partial charge in [0.2, 0.25) is 0 Å². The normalized spacial score (nSPS) is 14.1. The number of amides is 2. The van der Waals surface area contributed by atoms with Gasteiger partial charge in [0.05, 0.1) is 25.0 Å². The first-order valence-corrected chi connectivity index (χ1v) is 13.9. The standard InChI is InChI=1S/C30H41FN6O2/c1-6-15-36(30(38)32-24-9-8-10-26(20-24)39-5)21-27-28(7-2)33-37(25-13-11-23(31)12-14-25)29(27)35-18-16-34(17-19-35)22(3)4/h8-14,20,22H,6-7,15-19,21H2,1-5H3,(H,32,38). The Morgan fingerprint density at radius 3 is 2.44 bits per heavy atom. The summed E-state index contributed by atoms with van der Waals surface area (Å²) in [5.41, 5.74) is 3.47. The van der Waals surface area contributed by atoms with Crippen molar-refractivity contribution in [3.05, 3.63) is 65.6 Å². The summed E-state index contributed by atoms with van der Waals surface area (Å²) in [6.45, 7) is 13.2. The van der Waals surface area contributed by atoms with Crippen molar-refractivity contribution in [2.24, 2.45) is 0 Å². The molecule has 0 unspecified atom stereocenters. The highest BCUT2D eigenvalue weighted by Gasteiger charge is 2.29. The van der Waals surface area contributed by atoms with Crippen LogP contribution < -0.4 is 15.0 Å². The molecule has 1 aromatic heterocycles. The van der Waals surface area contributed by atoms with Crippen molar-refractivity contribution in [3.8, 4) is 11.4 Å². The monoisotopic (exact) mass is 536 g/mol. The van der Waals surface area contributed by atoms with E-state index in [9.17, 15) is 9.18 Å². The van der Waals surface area contributed by atoms with Crippen LogP contribution in [-0.2, 0) is 13.0 Å². The number of nitrogens with zero attached hydrogens (tertiary/aromatic N) is 5. The number of carbonyl (C=O) groups is 1. The number of piperazine rings is 1. The molecule has 1 fully saturated rings. The lowest BCUT2D eigenvalue weighted by Gasteiger charge is -2.38. The van der Waals surface area contributed by atoms with Crippen LogP contribution in [0.15, 0.2) is 48.5 Å². The van der Waals surface area contributed by atoms with E-state index in [1.807, 2.05) is 33.8 Å². The zero-order valence-electron chi connectivity index (χ0n) is 23.8. The fraction of sp³-hybridized carbons (Fsp3) is 0.467. The maximum Gasteiger partial charge on any atom is 0.322 e. The lowest BCUT2D eigenvalue weighted by molar-refractivity contribution is 0.206. The van der Waals surface area contributed by atoms with E-state index >= 15 is 0 Å². The van der Waals surface area contributed by atoms with Gasteiger partial charge in [0.15, 0.2) is 0 Å². The molecule has 1 aliphatic rings. The van der Waals surface area contributed by atoms with Crippen LogP contribution in [0.5, 0.6) is 5.75 Å². The smallest absolute Gasteiger partial charge is 0.322 e. The van der Waals surface area contributed by atoms with Gasteiger partial charge >= 0.3 is 6.03 Å². The van der Waals surface area contributed by atoms with E-state index in [2.05, 4.69) is 42.8 Å². The van der Waals surface area contributed by atoms with E-state index in [0.717, 1.165) is 61.8 Å². The summed E-state index contributed by atoms with van der Waals surface area (Å²) >= 11 is 0. The summed E-state index contributed by atoms with van der Waals surface area (Å²) in [4.78, 5) is 20.2. The third-order valence-corrected chi connectivity index (χ3v) is 7.24. The Labute approximate surface area is 231 Å². The number of hydrogen-bond acceptors (Lipinski definition) is 5. The second kappa shape index (κ2) is 13.0. The molecule has 9 heteroatoms. The minimum Gasteiger partial charge on any atom is -0.497 e. The number of ether oxygens (including phenoxy) is 1. The molecule has 1 saturated heterocycles. The number of aromatic nitrogens is 2. The molecule has 0 saturated carbocycles. The van der Waals surface area contributed by atoms with E-state index in [0.29, 0.717) is 30.6 Å². The molecular weight excluding hydrogens is 495 g/mol. The minimum atomic E-state index is -0.280. The Kier molecular flexibility index (Phi) is 9.45. The van der Waals surface area contributed by atoms with E-state index in [1.165, 1.54) is 12.1 Å². The van der Waals surface area contributed by atoms with Gasteiger partial charge in [-0.05, 0) is 63.1 Å². The van der Waals surface area contributed by atoms with Crippen molar-refractivity contribution in [1.82, 2.24) is 19.6 Å². The fourth-order valence-electron chi connectivity index (χ4n) is 5.09. The summed E-state index contributed by atoms with van der Waals surface area (Å²) in [6, 6.07) is 14.1. The lowest BCUT2D eigenvalue weighted by atomic mass is 10.1. The van der Waals surface area contributed by atoms with Gasteiger partial charge in [-0.1, -0.05) is 19.9 Å². The van der Waals surface area contributed by atoms with E-state index in [1.54, 1.807) is 19.2 Å². The van der Waals surface area contributed by atoms with E-state index in [4.69, 9.17) is 9.84 Å². The van der Waals surface area contributed by atoms with E-state index < -0.39 is 0 Å². The van der Waals surface area contributed by atoms with Crippen LogP contribution in [0.1, 0.15) is 45.4 Å². The average molecular weight is 537 g/mol. The Morgan fingerprint density at radius 1 is 1.10 bits per heavy atom. The largest absolute Gasteiger partial charge is 0.497 e. The van der Waals surface area contributed by atoms with Crippen molar-refractivity contribution in [2.75, 3.05) is 50.1 Å². The third kappa shape index (κ3) is 6.71. The minimum absolute atomic E-state index is 0.169. The van der Waals surface area contributed by atoms with Gasteiger partial charge in [-0.25, -0.2) is 13.9 Å². The molecular formula is C30H41FN6O2. The van der Waals surface area contributed by atoms with Crippen molar-refractivity contribution in [3.63, 3.8) is 0 Å². The molecule has 39 heavy (non-hydrogen) atoms. The summed E-state index contributed by atoms with van der Waals surface area (Å²) < 4.78 is 21.0. The van der Waals surface area contributed by atoms with Gasteiger partial charge in [-0.15, -0.1) is 0 Å². The van der Waals surface area contributed by atoms with Gasteiger partial charge in [0.1, 0.15) is 17.4 Å². The van der Waals surface area contributed by atoms with E-state index in [-0.39, 0.29) is 11.8 Å². The molecule has 1 aliphatic heterocycles. The van der Waals surface area contributed by atoms with Crippen LogP contribution in [0.2, 0.25) is 0 Å². The van der Waals surface area contributed by atoms with Crippen LogP contribution >= 0.6 is 0 Å². The second-order valence-corrected chi connectivity index (χ2v) is 10.2. The molecule has 0 radical (unpaired) electrons.